The van der Waals surface area contributed by atoms with E-state index in [-0.39, 0.29) is 18.0 Å². The summed E-state index contributed by atoms with van der Waals surface area (Å²) in [6, 6.07) is 0.184. The molecule has 21 heavy (non-hydrogen) atoms. The van der Waals surface area contributed by atoms with Gasteiger partial charge in [0.1, 0.15) is 5.60 Å². The van der Waals surface area contributed by atoms with Crippen LogP contribution in [0.4, 0.5) is 4.79 Å². The quantitative estimate of drug-likeness (QED) is 0.850. The Kier molecular flexibility index (Phi) is 5.08. The SMILES string of the molecule is CC(C)(C)OC(=O)N1CCC(NCC(=O)N2CCCC2)C1. The number of carbonyl (C=O) groups excluding carboxylic acids is 2. The van der Waals surface area contributed by atoms with E-state index < -0.39 is 5.60 Å². The monoisotopic (exact) mass is 297 g/mol. The Morgan fingerprint density at radius 3 is 2.43 bits per heavy atom. The van der Waals surface area contributed by atoms with Crippen molar-refractivity contribution in [1.82, 2.24) is 15.1 Å². The third-order valence-corrected chi connectivity index (χ3v) is 3.84. The Bertz CT molecular complexity index is 386. The number of nitrogens with one attached hydrogen (secondary N) is 1. The molecule has 1 N–H and O–H groups in total. The summed E-state index contributed by atoms with van der Waals surface area (Å²) in [6.07, 6.45) is 2.83. The molecule has 0 aromatic heterocycles. The highest BCUT2D eigenvalue weighted by atomic mass is 16.6. The molecule has 0 aromatic carbocycles. The van der Waals surface area contributed by atoms with E-state index in [9.17, 15) is 9.59 Å². The predicted octanol–water partition coefficient (Wildman–Crippen LogP) is 1.21. The van der Waals surface area contributed by atoms with Gasteiger partial charge in [0.05, 0.1) is 6.54 Å². The molecule has 0 aliphatic carbocycles. The van der Waals surface area contributed by atoms with Gasteiger partial charge in [-0.15, -0.1) is 0 Å². The van der Waals surface area contributed by atoms with Gasteiger partial charge in [0.15, 0.2) is 0 Å². The number of hydrogen-bond acceptors (Lipinski definition) is 4. The molecule has 0 bridgehead atoms. The lowest BCUT2D eigenvalue weighted by molar-refractivity contribution is -0.129. The second-order valence-corrected chi connectivity index (χ2v) is 6.88. The minimum atomic E-state index is -0.464. The number of nitrogens with zero attached hydrogens (tertiary/aromatic N) is 2. The van der Waals surface area contributed by atoms with Crippen LogP contribution < -0.4 is 5.32 Å². The summed E-state index contributed by atoms with van der Waals surface area (Å²) >= 11 is 0. The van der Waals surface area contributed by atoms with E-state index in [1.807, 2.05) is 25.7 Å². The summed E-state index contributed by atoms with van der Waals surface area (Å²) in [5.41, 5.74) is -0.464. The topological polar surface area (TPSA) is 61.9 Å². The first-order valence-corrected chi connectivity index (χ1v) is 7.84. The van der Waals surface area contributed by atoms with Crippen LogP contribution in [0.25, 0.3) is 0 Å². The maximum Gasteiger partial charge on any atom is 0.410 e. The van der Waals surface area contributed by atoms with Crippen molar-refractivity contribution in [3.8, 4) is 0 Å². The van der Waals surface area contributed by atoms with Gasteiger partial charge in [-0.3, -0.25) is 4.79 Å². The van der Waals surface area contributed by atoms with Gasteiger partial charge in [0, 0.05) is 32.2 Å². The summed E-state index contributed by atoms with van der Waals surface area (Å²) in [4.78, 5) is 27.5. The van der Waals surface area contributed by atoms with Gasteiger partial charge < -0.3 is 19.9 Å². The van der Waals surface area contributed by atoms with Gasteiger partial charge in [0.25, 0.3) is 0 Å². The molecule has 6 heteroatoms. The van der Waals surface area contributed by atoms with Crippen molar-refractivity contribution in [1.29, 1.82) is 0 Å². The standard InChI is InChI=1S/C15H27N3O3/c1-15(2,3)21-14(20)18-9-6-12(11-18)16-10-13(19)17-7-4-5-8-17/h12,16H,4-11H2,1-3H3. The maximum atomic E-state index is 12.0. The average molecular weight is 297 g/mol. The fourth-order valence-corrected chi connectivity index (χ4v) is 2.73. The van der Waals surface area contributed by atoms with Crippen LogP contribution in [-0.4, -0.2) is 66.2 Å². The second-order valence-electron chi connectivity index (χ2n) is 6.88. The lowest BCUT2D eigenvalue weighted by Crippen LogP contribution is -2.42. The number of ether oxygens (including phenoxy) is 1. The van der Waals surface area contributed by atoms with Gasteiger partial charge in [0.2, 0.25) is 5.91 Å². The molecule has 6 nitrogen and oxygen atoms in total. The molecule has 2 rings (SSSR count). The minimum absolute atomic E-state index is 0.170. The van der Waals surface area contributed by atoms with Crippen LogP contribution in [0, 0.1) is 0 Å². The van der Waals surface area contributed by atoms with Crippen molar-refractivity contribution >= 4 is 12.0 Å². The Hall–Kier alpha value is -1.30. The van der Waals surface area contributed by atoms with E-state index in [1.165, 1.54) is 0 Å². The summed E-state index contributed by atoms with van der Waals surface area (Å²) in [7, 11) is 0. The number of likely N-dealkylation sites (tertiary alicyclic amines) is 2. The van der Waals surface area contributed by atoms with E-state index in [1.54, 1.807) is 4.90 Å². The molecular formula is C15H27N3O3. The molecule has 2 aliphatic rings. The third-order valence-electron chi connectivity index (χ3n) is 3.84. The molecule has 1 atom stereocenters. The van der Waals surface area contributed by atoms with Crippen molar-refractivity contribution in [2.45, 2.75) is 51.7 Å². The van der Waals surface area contributed by atoms with Crippen molar-refractivity contribution < 1.29 is 14.3 Å². The van der Waals surface area contributed by atoms with Gasteiger partial charge in [-0.05, 0) is 40.0 Å². The van der Waals surface area contributed by atoms with Crippen molar-refractivity contribution in [2.24, 2.45) is 0 Å². The summed E-state index contributed by atoms with van der Waals surface area (Å²) < 4.78 is 5.36. The first-order valence-electron chi connectivity index (χ1n) is 7.84. The fraction of sp³-hybridized carbons (Fsp3) is 0.867. The molecule has 2 fully saturated rings. The van der Waals surface area contributed by atoms with Crippen molar-refractivity contribution in [3.63, 3.8) is 0 Å². The molecule has 2 heterocycles. The number of hydrogen-bond donors (Lipinski definition) is 1. The Morgan fingerprint density at radius 2 is 1.81 bits per heavy atom. The van der Waals surface area contributed by atoms with E-state index in [0.29, 0.717) is 19.6 Å². The first kappa shape index (κ1) is 16.1. The normalized spacial score (nSPS) is 22.7. The predicted molar refractivity (Wildman–Crippen MR) is 80.0 cm³/mol. The highest BCUT2D eigenvalue weighted by Gasteiger charge is 2.30. The zero-order chi connectivity index (χ0) is 15.5. The van der Waals surface area contributed by atoms with Crippen LogP contribution in [0.15, 0.2) is 0 Å². The molecule has 2 saturated heterocycles. The third kappa shape index (κ3) is 4.88. The van der Waals surface area contributed by atoms with Crippen molar-refractivity contribution in [2.75, 3.05) is 32.7 Å². The smallest absolute Gasteiger partial charge is 0.410 e. The van der Waals surface area contributed by atoms with Gasteiger partial charge in [-0.25, -0.2) is 4.79 Å². The van der Waals surface area contributed by atoms with Crippen LogP contribution >= 0.6 is 0 Å². The van der Waals surface area contributed by atoms with Crippen LogP contribution in [0.5, 0.6) is 0 Å². The van der Waals surface area contributed by atoms with E-state index in [0.717, 1.165) is 32.4 Å². The molecule has 1 unspecified atom stereocenters. The summed E-state index contributed by atoms with van der Waals surface area (Å²) in [5.74, 6) is 0.170. The number of rotatable bonds is 3. The summed E-state index contributed by atoms with van der Waals surface area (Å²) in [5, 5.41) is 3.27. The van der Waals surface area contributed by atoms with Crippen LogP contribution in [0.2, 0.25) is 0 Å². The van der Waals surface area contributed by atoms with Gasteiger partial charge in [-0.2, -0.15) is 0 Å². The van der Waals surface area contributed by atoms with Crippen LogP contribution in [0.1, 0.15) is 40.0 Å². The first-order chi connectivity index (χ1) is 9.85. The minimum Gasteiger partial charge on any atom is -0.444 e. The Labute approximate surface area is 126 Å². The van der Waals surface area contributed by atoms with E-state index in [2.05, 4.69) is 5.32 Å². The lowest BCUT2D eigenvalue weighted by atomic mass is 10.2. The molecular weight excluding hydrogens is 270 g/mol. The average Bonchev–Trinajstić information content (AvgIpc) is 3.05. The van der Waals surface area contributed by atoms with E-state index >= 15 is 0 Å². The molecule has 2 amide bonds. The molecule has 120 valence electrons. The molecule has 0 aromatic rings. The van der Waals surface area contributed by atoms with Crippen molar-refractivity contribution in [3.05, 3.63) is 0 Å². The summed E-state index contributed by atoms with van der Waals surface area (Å²) in [6.45, 7) is 9.03. The molecule has 0 spiro atoms. The highest BCUT2D eigenvalue weighted by molar-refractivity contribution is 5.78. The van der Waals surface area contributed by atoms with Gasteiger partial charge >= 0.3 is 6.09 Å². The molecule has 0 saturated carbocycles. The number of carbonyl (C=O) groups is 2. The molecule has 0 radical (unpaired) electrons. The van der Waals surface area contributed by atoms with Crippen LogP contribution in [0.3, 0.4) is 0 Å². The molecule has 2 aliphatic heterocycles. The largest absolute Gasteiger partial charge is 0.444 e. The zero-order valence-electron chi connectivity index (χ0n) is 13.4. The van der Waals surface area contributed by atoms with E-state index in [4.69, 9.17) is 4.74 Å². The maximum absolute atomic E-state index is 12.0. The van der Waals surface area contributed by atoms with Crippen LogP contribution in [-0.2, 0) is 9.53 Å². The fourth-order valence-electron chi connectivity index (χ4n) is 2.73. The van der Waals surface area contributed by atoms with Gasteiger partial charge in [-0.1, -0.05) is 0 Å². The zero-order valence-corrected chi connectivity index (χ0v) is 13.4. The second kappa shape index (κ2) is 6.64. The Morgan fingerprint density at radius 1 is 1.14 bits per heavy atom. The lowest BCUT2D eigenvalue weighted by Gasteiger charge is -2.24. The highest BCUT2D eigenvalue weighted by Crippen LogP contribution is 2.15. The Balaban J connectivity index is 1.70. The number of amides is 2.